The molecule has 2 aliphatic rings. The average molecular weight is 141 g/mol. The molecule has 0 amide bonds. The number of piperidine rings is 1. The minimum Gasteiger partial charge on any atom is -0.379 e. The molecule has 2 saturated heterocycles. The van der Waals surface area contributed by atoms with Gasteiger partial charge < -0.3 is 10.1 Å². The van der Waals surface area contributed by atoms with Crippen LogP contribution in [0.5, 0.6) is 0 Å². The van der Waals surface area contributed by atoms with Crippen molar-refractivity contribution in [2.75, 3.05) is 19.8 Å². The van der Waals surface area contributed by atoms with Crippen LogP contribution in [0, 0.1) is 5.41 Å². The molecule has 2 aliphatic heterocycles. The quantitative estimate of drug-likeness (QED) is 0.538. The molecule has 0 aliphatic carbocycles. The van der Waals surface area contributed by atoms with E-state index in [0.29, 0.717) is 11.5 Å². The first-order chi connectivity index (χ1) is 4.81. The van der Waals surface area contributed by atoms with E-state index < -0.39 is 0 Å². The molecule has 2 nitrogen and oxygen atoms in total. The van der Waals surface area contributed by atoms with Gasteiger partial charge in [0.05, 0.1) is 13.2 Å². The molecular weight excluding hydrogens is 126 g/mol. The Hall–Kier alpha value is -0.0800. The van der Waals surface area contributed by atoms with Crippen molar-refractivity contribution >= 4 is 0 Å². The molecule has 1 N–H and O–H groups in total. The van der Waals surface area contributed by atoms with Gasteiger partial charge in [-0.05, 0) is 19.4 Å². The van der Waals surface area contributed by atoms with Crippen LogP contribution in [-0.4, -0.2) is 25.8 Å². The molecule has 0 saturated carbocycles. The van der Waals surface area contributed by atoms with E-state index in [2.05, 4.69) is 12.2 Å². The lowest BCUT2D eigenvalue weighted by Crippen LogP contribution is -2.47. The number of hydrogen-bond donors (Lipinski definition) is 1. The lowest BCUT2D eigenvalue weighted by Gasteiger charge is -2.34. The van der Waals surface area contributed by atoms with Gasteiger partial charge in [-0.15, -0.1) is 0 Å². The molecule has 10 heavy (non-hydrogen) atoms. The zero-order valence-corrected chi connectivity index (χ0v) is 6.52. The lowest BCUT2D eigenvalue weighted by molar-refractivity contribution is 0.149. The summed E-state index contributed by atoms with van der Waals surface area (Å²) in [6, 6.07) is 0.640. The normalized spacial score (nSPS) is 47.1. The monoisotopic (exact) mass is 141 g/mol. The van der Waals surface area contributed by atoms with Crippen LogP contribution in [0.4, 0.5) is 0 Å². The fraction of sp³-hybridized carbons (Fsp3) is 1.00. The molecule has 0 aromatic rings. The summed E-state index contributed by atoms with van der Waals surface area (Å²) in [6.07, 6.45) is 2.65. The number of rotatable bonds is 0. The van der Waals surface area contributed by atoms with Gasteiger partial charge in [0.25, 0.3) is 0 Å². The van der Waals surface area contributed by atoms with E-state index >= 15 is 0 Å². The van der Waals surface area contributed by atoms with Gasteiger partial charge in [-0.3, -0.25) is 0 Å². The van der Waals surface area contributed by atoms with Gasteiger partial charge in [-0.25, -0.2) is 0 Å². The van der Waals surface area contributed by atoms with Gasteiger partial charge in [0.15, 0.2) is 0 Å². The first kappa shape index (κ1) is 6.62. The number of nitrogens with one attached hydrogen (secondary N) is 1. The van der Waals surface area contributed by atoms with Crippen LogP contribution in [-0.2, 0) is 4.74 Å². The van der Waals surface area contributed by atoms with E-state index in [1.807, 2.05) is 0 Å². The van der Waals surface area contributed by atoms with Crippen LogP contribution >= 0.6 is 0 Å². The van der Waals surface area contributed by atoms with Crippen molar-refractivity contribution < 1.29 is 4.74 Å². The maximum atomic E-state index is 5.43. The molecule has 0 aromatic carbocycles. The summed E-state index contributed by atoms with van der Waals surface area (Å²) in [4.78, 5) is 0. The minimum absolute atomic E-state index is 0.457. The first-order valence-electron chi connectivity index (χ1n) is 4.12. The van der Waals surface area contributed by atoms with Crippen molar-refractivity contribution in [3.8, 4) is 0 Å². The highest BCUT2D eigenvalue weighted by atomic mass is 16.5. The smallest absolute Gasteiger partial charge is 0.0626 e. The molecule has 0 bridgehead atoms. The number of fused-ring (bicyclic) bond motifs is 1. The second kappa shape index (κ2) is 2.21. The Kier molecular flexibility index (Phi) is 1.46. The summed E-state index contributed by atoms with van der Waals surface area (Å²) in [5, 5.41) is 3.50. The fourth-order valence-electron chi connectivity index (χ4n) is 2.03. The van der Waals surface area contributed by atoms with Gasteiger partial charge in [0.2, 0.25) is 0 Å². The molecule has 0 aromatic heterocycles. The summed E-state index contributed by atoms with van der Waals surface area (Å²) in [5.74, 6) is 0. The van der Waals surface area contributed by atoms with Gasteiger partial charge in [0.1, 0.15) is 0 Å². The molecule has 2 atom stereocenters. The summed E-state index contributed by atoms with van der Waals surface area (Å²) in [5.41, 5.74) is 0.457. The Balaban J connectivity index is 2.10. The van der Waals surface area contributed by atoms with E-state index in [-0.39, 0.29) is 0 Å². The van der Waals surface area contributed by atoms with Crippen LogP contribution in [0.25, 0.3) is 0 Å². The Labute approximate surface area is 61.9 Å². The van der Waals surface area contributed by atoms with Gasteiger partial charge in [-0.2, -0.15) is 0 Å². The SMILES string of the molecule is C[C@@]12CCCN[C@@H]1COC2. The van der Waals surface area contributed by atoms with Crippen LogP contribution in [0.15, 0.2) is 0 Å². The van der Waals surface area contributed by atoms with Gasteiger partial charge in [0, 0.05) is 11.5 Å². The van der Waals surface area contributed by atoms with Crippen molar-refractivity contribution in [3.63, 3.8) is 0 Å². The topological polar surface area (TPSA) is 21.3 Å². The van der Waals surface area contributed by atoms with Crippen molar-refractivity contribution in [2.45, 2.75) is 25.8 Å². The molecule has 2 heteroatoms. The van der Waals surface area contributed by atoms with E-state index in [0.717, 1.165) is 13.2 Å². The van der Waals surface area contributed by atoms with Crippen molar-refractivity contribution in [1.29, 1.82) is 0 Å². The maximum Gasteiger partial charge on any atom is 0.0626 e. The standard InChI is InChI=1S/C8H15NO/c1-8-3-2-4-9-7(8)5-10-6-8/h7,9H,2-6H2,1H3/t7-,8+/m1/s1. The Morgan fingerprint density at radius 3 is 3.30 bits per heavy atom. The van der Waals surface area contributed by atoms with Crippen LogP contribution in [0.1, 0.15) is 19.8 Å². The van der Waals surface area contributed by atoms with E-state index in [9.17, 15) is 0 Å². The van der Waals surface area contributed by atoms with E-state index in [4.69, 9.17) is 4.74 Å². The van der Waals surface area contributed by atoms with Crippen molar-refractivity contribution in [2.24, 2.45) is 5.41 Å². The van der Waals surface area contributed by atoms with Gasteiger partial charge >= 0.3 is 0 Å². The highest BCUT2D eigenvalue weighted by Gasteiger charge is 2.41. The highest BCUT2D eigenvalue weighted by molar-refractivity contribution is 4.94. The molecule has 0 unspecified atom stereocenters. The summed E-state index contributed by atoms with van der Waals surface area (Å²) < 4.78 is 5.43. The highest BCUT2D eigenvalue weighted by Crippen LogP contribution is 2.35. The van der Waals surface area contributed by atoms with Gasteiger partial charge in [-0.1, -0.05) is 6.92 Å². The van der Waals surface area contributed by atoms with Crippen LogP contribution < -0.4 is 5.32 Å². The zero-order valence-electron chi connectivity index (χ0n) is 6.52. The van der Waals surface area contributed by atoms with E-state index in [1.165, 1.54) is 19.4 Å². The molecule has 0 spiro atoms. The number of hydrogen-bond acceptors (Lipinski definition) is 2. The number of ether oxygens (including phenoxy) is 1. The Morgan fingerprint density at radius 1 is 1.60 bits per heavy atom. The predicted octanol–water partition coefficient (Wildman–Crippen LogP) is 0.775. The van der Waals surface area contributed by atoms with E-state index in [1.54, 1.807) is 0 Å². The first-order valence-corrected chi connectivity index (χ1v) is 4.12. The Morgan fingerprint density at radius 2 is 2.50 bits per heavy atom. The lowest BCUT2D eigenvalue weighted by atomic mass is 9.78. The predicted molar refractivity (Wildman–Crippen MR) is 40.0 cm³/mol. The molecule has 2 fully saturated rings. The molecule has 58 valence electrons. The second-order valence-corrected chi connectivity index (χ2v) is 3.78. The third-order valence-electron chi connectivity index (χ3n) is 2.87. The minimum atomic E-state index is 0.457. The summed E-state index contributed by atoms with van der Waals surface area (Å²) in [7, 11) is 0. The third kappa shape index (κ3) is 0.867. The molecule has 2 heterocycles. The molecular formula is C8H15NO. The third-order valence-corrected chi connectivity index (χ3v) is 2.87. The zero-order chi connectivity index (χ0) is 7.03. The Bertz CT molecular complexity index is 137. The van der Waals surface area contributed by atoms with Crippen LogP contribution in [0.2, 0.25) is 0 Å². The fourth-order valence-corrected chi connectivity index (χ4v) is 2.03. The van der Waals surface area contributed by atoms with Crippen molar-refractivity contribution in [1.82, 2.24) is 5.32 Å². The average Bonchev–Trinajstić information content (AvgIpc) is 2.29. The largest absolute Gasteiger partial charge is 0.379 e. The summed E-state index contributed by atoms with van der Waals surface area (Å²) in [6.45, 7) is 5.40. The second-order valence-electron chi connectivity index (χ2n) is 3.78. The maximum absolute atomic E-state index is 5.43. The van der Waals surface area contributed by atoms with Crippen molar-refractivity contribution in [3.05, 3.63) is 0 Å². The summed E-state index contributed by atoms with van der Waals surface area (Å²) >= 11 is 0. The molecule has 2 rings (SSSR count). The van der Waals surface area contributed by atoms with Crippen LogP contribution in [0.3, 0.4) is 0 Å². The molecule has 0 radical (unpaired) electrons.